The van der Waals surface area contributed by atoms with Crippen LogP contribution in [0.15, 0.2) is 10.7 Å². The Morgan fingerprint density at radius 1 is 1.17 bits per heavy atom. The van der Waals surface area contributed by atoms with Gasteiger partial charge < -0.3 is 4.42 Å². The first-order chi connectivity index (χ1) is 5.88. The number of rotatable bonds is 0. The normalized spacial score (nSPS) is 14.6. The molecule has 0 fully saturated rings. The molecule has 0 unspecified atom stereocenters. The average molecular weight is 166 g/mol. The second-order valence-corrected chi connectivity index (χ2v) is 3.03. The average Bonchev–Trinajstić information content (AvgIpc) is 2.53. The molecule has 0 spiro atoms. The van der Waals surface area contributed by atoms with Crippen molar-refractivity contribution in [1.29, 1.82) is 0 Å². The maximum Gasteiger partial charge on any atom is 0.107 e. The van der Waals surface area contributed by atoms with Crippen LogP contribution in [-0.2, 0) is 12.8 Å². The number of furan rings is 1. The van der Waals surface area contributed by atoms with E-state index in [2.05, 4.69) is 6.92 Å². The van der Waals surface area contributed by atoms with Crippen molar-refractivity contribution in [2.75, 3.05) is 0 Å². The van der Waals surface area contributed by atoms with E-state index in [-0.39, 0.29) is 0 Å². The maximum atomic E-state index is 5.39. The summed E-state index contributed by atoms with van der Waals surface area (Å²) >= 11 is 0. The Bertz CT molecular complexity index is 235. The molecule has 0 saturated heterocycles. The molecule has 1 heteroatoms. The lowest BCUT2D eigenvalue weighted by Gasteiger charge is -2.08. The van der Waals surface area contributed by atoms with Gasteiger partial charge in [0.25, 0.3) is 0 Å². The number of aryl methyl sites for hydroxylation is 2. The number of fused-ring (bicyclic) bond motifs is 1. The van der Waals surface area contributed by atoms with Gasteiger partial charge in [0.05, 0.1) is 6.26 Å². The van der Waals surface area contributed by atoms with Gasteiger partial charge in [-0.2, -0.15) is 0 Å². The third-order valence-corrected chi connectivity index (χ3v) is 2.27. The van der Waals surface area contributed by atoms with E-state index in [0.717, 1.165) is 6.42 Å². The third kappa shape index (κ3) is 1.71. The van der Waals surface area contributed by atoms with Crippen molar-refractivity contribution in [2.24, 2.45) is 0 Å². The molecule has 0 aromatic carbocycles. The first-order valence-electron chi connectivity index (χ1n) is 4.94. The molecule has 0 radical (unpaired) electrons. The Morgan fingerprint density at radius 2 is 1.83 bits per heavy atom. The van der Waals surface area contributed by atoms with Crippen molar-refractivity contribution >= 4 is 0 Å². The van der Waals surface area contributed by atoms with Crippen LogP contribution in [0.5, 0.6) is 0 Å². The van der Waals surface area contributed by atoms with Crippen LogP contribution >= 0.6 is 0 Å². The van der Waals surface area contributed by atoms with Crippen LogP contribution in [0.4, 0.5) is 0 Å². The van der Waals surface area contributed by atoms with Crippen LogP contribution < -0.4 is 0 Å². The van der Waals surface area contributed by atoms with Gasteiger partial charge in [-0.1, -0.05) is 13.8 Å². The van der Waals surface area contributed by atoms with Gasteiger partial charge in [0, 0.05) is 6.42 Å². The second kappa shape index (κ2) is 4.34. The molecular weight excluding hydrogens is 148 g/mol. The summed E-state index contributed by atoms with van der Waals surface area (Å²) in [6.07, 6.45) is 6.92. The van der Waals surface area contributed by atoms with Gasteiger partial charge in [-0.25, -0.2) is 0 Å². The van der Waals surface area contributed by atoms with Gasteiger partial charge in [0.15, 0.2) is 0 Å². The topological polar surface area (TPSA) is 13.1 Å². The van der Waals surface area contributed by atoms with Crippen molar-refractivity contribution in [3.63, 3.8) is 0 Å². The zero-order valence-corrected chi connectivity index (χ0v) is 8.31. The highest BCUT2D eigenvalue weighted by atomic mass is 16.3. The van der Waals surface area contributed by atoms with Gasteiger partial charge in [0.2, 0.25) is 0 Å². The fraction of sp³-hybridized carbons (Fsp3) is 0.636. The summed E-state index contributed by atoms with van der Waals surface area (Å²) < 4.78 is 5.39. The van der Waals surface area contributed by atoms with Crippen molar-refractivity contribution in [3.8, 4) is 0 Å². The molecule has 0 saturated carbocycles. The van der Waals surface area contributed by atoms with Gasteiger partial charge in [-0.3, -0.25) is 0 Å². The Hall–Kier alpha value is -0.720. The molecular formula is C11H18O. The summed E-state index contributed by atoms with van der Waals surface area (Å²) in [7, 11) is 0. The van der Waals surface area contributed by atoms with Gasteiger partial charge in [-0.15, -0.1) is 0 Å². The van der Waals surface area contributed by atoms with Crippen LogP contribution in [0, 0.1) is 6.92 Å². The smallest absolute Gasteiger partial charge is 0.107 e. The summed E-state index contributed by atoms with van der Waals surface area (Å²) in [6.45, 7) is 6.13. The van der Waals surface area contributed by atoms with Crippen LogP contribution in [0.1, 0.15) is 43.6 Å². The van der Waals surface area contributed by atoms with Crippen LogP contribution in [0.2, 0.25) is 0 Å². The van der Waals surface area contributed by atoms with E-state index in [4.69, 9.17) is 4.42 Å². The fourth-order valence-electron chi connectivity index (χ4n) is 1.66. The summed E-state index contributed by atoms with van der Waals surface area (Å²) in [5.41, 5.74) is 2.82. The van der Waals surface area contributed by atoms with E-state index in [1.54, 1.807) is 0 Å². The van der Waals surface area contributed by atoms with E-state index >= 15 is 0 Å². The lowest BCUT2D eigenvalue weighted by molar-refractivity contribution is 0.477. The zero-order chi connectivity index (χ0) is 8.97. The van der Waals surface area contributed by atoms with Crippen molar-refractivity contribution in [1.82, 2.24) is 0 Å². The highest BCUT2D eigenvalue weighted by Crippen LogP contribution is 2.25. The molecule has 12 heavy (non-hydrogen) atoms. The van der Waals surface area contributed by atoms with E-state index in [1.165, 1.54) is 36.1 Å². The molecule has 1 nitrogen and oxygen atoms in total. The fourth-order valence-corrected chi connectivity index (χ4v) is 1.66. The largest absolute Gasteiger partial charge is 0.469 e. The van der Waals surface area contributed by atoms with E-state index < -0.39 is 0 Å². The van der Waals surface area contributed by atoms with Crippen molar-refractivity contribution in [3.05, 3.63) is 23.2 Å². The van der Waals surface area contributed by atoms with Crippen LogP contribution in [0.3, 0.4) is 0 Å². The number of hydrogen-bond donors (Lipinski definition) is 0. The minimum absolute atomic E-state index is 1.16. The Labute approximate surface area is 74.8 Å². The molecule has 1 heterocycles. The highest BCUT2D eigenvalue weighted by molar-refractivity contribution is 5.28. The molecule has 2 rings (SSSR count). The number of hydrogen-bond acceptors (Lipinski definition) is 1. The van der Waals surface area contributed by atoms with Crippen molar-refractivity contribution < 1.29 is 4.42 Å². The molecule has 1 aliphatic rings. The summed E-state index contributed by atoms with van der Waals surface area (Å²) in [4.78, 5) is 0. The maximum absolute atomic E-state index is 5.39. The molecule has 0 N–H and O–H groups in total. The molecule has 68 valence electrons. The van der Waals surface area contributed by atoms with Gasteiger partial charge >= 0.3 is 0 Å². The Balaban J connectivity index is 0.000000336. The quantitative estimate of drug-likeness (QED) is 0.575. The van der Waals surface area contributed by atoms with E-state index in [9.17, 15) is 0 Å². The van der Waals surface area contributed by atoms with Crippen LogP contribution in [0.25, 0.3) is 0 Å². The SMILES string of the molecule is CC.Cc1coc2c1CCCC2. The first kappa shape index (κ1) is 9.37. The van der Waals surface area contributed by atoms with Gasteiger partial charge in [-0.05, 0) is 37.3 Å². The Morgan fingerprint density at radius 3 is 2.50 bits per heavy atom. The Kier molecular flexibility index (Phi) is 3.39. The lowest BCUT2D eigenvalue weighted by Crippen LogP contribution is -1.99. The molecule has 0 aliphatic heterocycles. The molecule has 0 atom stereocenters. The minimum atomic E-state index is 1.16. The predicted octanol–water partition coefficient (Wildman–Crippen LogP) is 3.49. The summed E-state index contributed by atoms with van der Waals surface area (Å²) in [5.74, 6) is 1.24. The third-order valence-electron chi connectivity index (χ3n) is 2.27. The molecule has 0 bridgehead atoms. The standard InChI is InChI=1S/C9H12O.C2H6/c1-7-6-10-9-5-3-2-4-8(7)9;1-2/h6H,2-5H2,1H3;1-2H3. The molecule has 1 aromatic rings. The molecule has 1 aromatic heterocycles. The van der Waals surface area contributed by atoms with Crippen molar-refractivity contribution in [2.45, 2.75) is 46.5 Å². The second-order valence-electron chi connectivity index (χ2n) is 3.03. The minimum Gasteiger partial charge on any atom is -0.469 e. The van der Waals surface area contributed by atoms with Gasteiger partial charge in [0.1, 0.15) is 5.76 Å². The molecule has 0 amide bonds. The monoisotopic (exact) mass is 166 g/mol. The first-order valence-corrected chi connectivity index (χ1v) is 4.94. The lowest BCUT2D eigenvalue weighted by atomic mass is 9.96. The van der Waals surface area contributed by atoms with Crippen LogP contribution in [-0.4, -0.2) is 0 Å². The van der Waals surface area contributed by atoms with E-state index in [1.807, 2.05) is 20.1 Å². The summed E-state index contributed by atoms with van der Waals surface area (Å²) in [6, 6.07) is 0. The predicted molar refractivity (Wildman–Crippen MR) is 51.4 cm³/mol. The highest BCUT2D eigenvalue weighted by Gasteiger charge is 2.13. The molecule has 1 aliphatic carbocycles. The zero-order valence-electron chi connectivity index (χ0n) is 8.31. The van der Waals surface area contributed by atoms with E-state index in [0.29, 0.717) is 0 Å². The summed E-state index contributed by atoms with van der Waals surface area (Å²) in [5, 5.41) is 0.